The Labute approximate surface area is 128 Å². The van der Waals surface area contributed by atoms with E-state index in [4.69, 9.17) is 9.47 Å². The molecule has 0 aromatic carbocycles. The first kappa shape index (κ1) is 18.4. The maximum Gasteiger partial charge on any atom is 0.340 e. The van der Waals surface area contributed by atoms with Crippen LogP contribution in [-0.4, -0.2) is 27.9 Å². The zero-order valence-corrected chi connectivity index (χ0v) is 13.9. The van der Waals surface area contributed by atoms with Crippen LogP contribution in [0.1, 0.15) is 33.6 Å². The number of nitrogens with zero attached hydrogens (tertiary/aromatic N) is 3. The average Bonchev–Trinajstić information content (AvgIpc) is 2.42. The van der Waals surface area contributed by atoms with Gasteiger partial charge < -0.3 is 9.47 Å². The molecule has 8 nitrogen and oxygen atoms in total. The molecule has 0 aliphatic rings. The summed E-state index contributed by atoms with van der Waals surface area (Å²) in [5.74, 6) is 0. The molecule has 0 amide bonds. The lowest BCUT2D eigenvalue weighted by molar-refractivity contribution is 0.0962. The monoisotopic (exact) mass is 315 g/mol. The Morgan fingerprint density at radius 3 is 1.59 bits per heavy atom. The Morgan fingerprint density at radius 1 is 0.818 bits per heavy atom. The SMILES string of the molecule is COCn1c(=O)n(CCCC(C)(C)C)c(=O)n(COC)c1=O. The molecule has 1 heterocycles. The first-order valence-electron chi connectivity index (χ1n) is 7.15. The minimum absolute atomic E-state index is 0.107. The maximum atomic E-state index is 12.3. The molecule has 0 aliphatic carbocycles. The Kier molecular flexibility index (Phi) is 6.31. The van der Waals surface area contributed by atoms with Gasteiger partial charge in [0.1, 0.15) is 13.5 Å². The average molecular weight is 315 g/mol. The summed E-state index contributed by atoms with van der Waals surface area (Å²) in [7, 11) is 2.75. The van der Waals surface area contributed by atoms with Gasteiger partial charge in [0.2, 0.25) is 0 Å². The largest absolute Gasteiger partial charge is 0.364 e. The van der Waals surface area contributed by atoms with Crippen LogP contribution in [0.3, 0.4) is 0 Å². The predicted molar refractivity (Wildman–Crippen MR) is 81.9 cm³/mol. The van der Waals surface area contributed by atoms with Crippen molar-refractivity contribution in [3.05, 3.63) is 31.5 Å². The first-order valence-corrected chi connectivity index (χ1v) is 7.15. The van der Waals surface area contributed by atoms with Gasteiger partial charge >= 0.3 is 17.1 Å². The van der Waals surface area contributed by atoms with Gasteiger partial charge in [0.15, 0.2) is 0 Å². The van der Waals surface area contributed by atoms with Crippen LogP contribution in [0, 0.1) is 5.41 Å². The molecule has 0 fully saturated rings. The van der Waals surface area contributed by atoms with Crippen molar-refractivity contribution in [3.63, 3.8) is 0 Å². The van der Waals surface area contributed by atoms with Gasteiger partial charge in [-0.25, -0.2) is 28.1 Å². The van der Waals surface area contributed by atoms with Crippen LogP contribution in [-0.2, 0) is 29.5 Å². The highest BCUT2D eigenvalue weighted by atomic mass is 16.5. The van der Waals surface area contributed by atoms with Gasteiger partial charge in [0, 0.05) is 20.8 Å². The lowest BCUT2D eigenvalue weighted by Gasteiger charge is -2.18. The summed E-state index contributed by atoms with van der Waals surface area (Å²) >= 11 is 0. The molecule has 126 valence electrons. The van der Waals surface area contributed by atoms with Crippen LogP contribution < -0.4 is 17.1 Å². The normalized spacial score (nSPS) is 11.9. The Balaban J connectivity index is 3.28. The molecule has 0 bridgehead atoms. The third-order valence-electron chi connectivity index (χ3n) is 3.21. The maximum absolute atomic E-state index is 12.3. The van der Waals surface area contributed by atoms with Crippen molar-refractivity contribution in [3.8, 4) is 0 Å². The fourth-order valence-corrected chi connectivity index (χ4v) is 2.12. The van der Waals surface area contributed by atoms with Gasteiger partial charge in [-0.15, -0.1) is 0 Å². The molecular formula is C14H25N3O5. The molecule has 1 aromatic heterocycles. The lowest BCUT2D eigenvalue weighted by Crippen LogP contribution is -2.54. The first-order chi connectivity index (χ1) is 10.2. The van der Waals surface area contributed by atoms with Gasteiger partial charge in [-0.3, -0.25) is 0 Å². The minimum atomic E-state index is -0.731. The number of rotatable bonds is 7. The zero-order valence-electron chi connectivity index (χ0n) is 13.9. The van der Waals surface area contributed by atoms with Gasteiger partial charge in [-0.05, 0) is 18.3 Å². The molecule has 0 atom stereocenters. The van der Waals surface area contributed by atoms with Gasteiger partial charge in [0.05, 0.1) is 0 Å². The highest BCUT2D eigenvalue weighted by Gasteiger charge is 2.16. The quantitative estimate of drug-likeness (QED) is 0.718. The number of aromatic nitrogens is 3. The Morgan fingerprint density at radius 2 is 1.23 bits per heavy atom. The molecule has 1 aromatic rings. The second-order valence-corrected chi connectivity index (χ2v) is 6.36. The summed E-state index contributed by atoms with van der Waals surface area (Å²) in [5, 5.41) is 0. The van der Waals surface area contributed by atoms with E-state index in [1.807, 2.05) is 0 Å². The van der Waals surface area contributed by atoms with E-state index >= 15 is 0 Å². The van der Waals surface area contributed by atoms with Crippen molar-refractivity contribution in [2.24, 2.45) is 5.41 Å². The summed E-state index contributed by atoms with van der Waals surface area (Å²) in [4.78, 5) is 36.7. The summed E-state index contributed by atoms with van der Waals surface area (Å²) in [5.41, 5.74) is -1.93. The molecular weight excluding hydrogens is 290 g/mol. The number of hydrogen-bond donors (Lipinski definition) is 0. The molecule has 0 unspecified atom stereocenters. The fourth-order valence-electron chi connectivity index (χ4n) is 2.12. The second kappa shape index (κ2) is 7.55. The van der Waals surface area contributed by atoms with E-state index in [9.17, 15) is 14.4 Å². The van der Waals surface area contributed by atoms with E-state index in [1.54, 1.807) is 0 Å². The molecule has 8 heteroatoms. The van der Waals surface area contributed by atoms with E-state index in [2.05, 4.69) is 20.8 Å². The van der Waals surface area contributed by atoms with Crippen molar-refractivity contribution in [2.75, 3.05) is 14.2 Å². The van der Waals surface area contributed by atoms with E-state index in [0.717, 1.165) is 20.1 Å². The van der Waals surface area contributed by atoms with E-state index in [1.165, 1.54) is 14.2 Å². The molecule has 1 rings (SSSR count). The third-order valence-corrected chi connectivity index (χ3v) is 3.21. The van der Waals surface area contributed by atoms with Crippen molar-refractivity contribution in [1.29, 1.82) is 0 Å². The molecule has 0 aliphatic heterocycles. The van der Waals surface area contributed by atoms with E-state index < -0.39 is 17.1 Å². The molecule has 0 radical (unpaired) electrons. The van der Waals surface area contributed by atoms with Crippen LogP contribution in [0.25, 0.3) is 0 Å². The standard InChI is InChI=1S/C14H25N3O5/c1-14(2,3)7-6-8-15-11(18)16(9-21-4)13(20)17(10-22-5)12(15)19/h6-10H2,1-5H3. The second-order valence-electron chi connectivity index (χ2n) is 6.36. The van der Waals surface area contributed by atoms with Gasteiger partial charge in [-0.2, -0.15) is 0 Å². The third kappa shape index (κ3) is 4.41. The molecule has 0 saturated carbocycles. The van der Waals surface area contributed by atoms with Crippen molar-refractivity contribution in [2.45, 2.75) is 53.6 Å². The van der Waals surface area contributed by atoms with Crippen molar-refractivity contribution >= 4 is 0 Å². The summed E-state index contributed by atoms with van der Waals surface area (Å²) in [6.45, 7) is 6.10. The van der Waals surface area contributed by atoms with Crippen molar-refractivity contribution in [1.82, 2.24) is 13.7 Å². The van der Waals surface area contributed by atoms with E-state index in [-0.39, 0.29) is 25.4 Å². The van der Waals surface area contributed by atoms with Crippen LogP contribution in [0.15, 0.2) is 14.4 Å². The highest BCUT2D eigenvalue weighted by Crippen LogP contribution is 2.20. The van der Waals surface area contributed by atoms with Crippen molar-refractivity contribution < 1.29 is 9.47 Å². The Bertz CT molecular complexity index is 619. The van der Waals surface area contributed by atoms with Crippen LogP contribution in [0.5, 0.6) is 0 Å². The number of hydrogen-bond acceptors (Lipinski definition) is 5. The topological polar surface area (TPSA) is 84.5 Å². The van der Waals surface area contributed by atoms with Crippen LogP contribution in [0.2, 0.25) is 0 Å². The Hall–Kier alpha value is -1.67. The predicted octanol–water partition coefficient (Wildman–Crippen LogP) is 0.206. The smallest absolute Gasteiger partial charge is 0.340 e. The fraction of sp³-hybridized carbons (Fsp3) is 0.786. The molecule has 0 saturated heterocycles. The van der Waals surface area contributed by atoms with Crippen LogP contribution in [0.4, 0.5) is 0 Å². The molecule has 0 spiro atoms. The summed E-state index contributed by atoms with van der Waals surface area (Å²) in [6, 6.07) is 0. The minimum Gasteiger partial charge on any atom is -0.364 e. The zero-order chi connectivity index (χ0) is 16.9. The highest BCUT2D eigenvalue weighted by molar-refractivity contribution is 4.78. The molecule has 0 N–H and O–H groups in total. The summed E-state index contributed by atoms with van der Waals surface area (Å²) in [6.07, 6.45) is 1.52. The van der Waals surface area contributed by atoms with Gasteiger partial charge in [-0.1, -0.05) is 20.8 Å². The number of methoxy groups -OCH3 is 2. The lowest BCUT2D eigenvalue weighted by atomic mass is 9.91. The van der Waals surface area contributed by atoms with Gasteiger partial charge in [0.25, 0.3) is 0 Å². The molecule has 22 heavy (non-hydrogen) atoms. The summed E-state index contributed by atoms with van der Waals surface area (Å²) < 4.78 is 12.6. The number of ether oxygens (including phenoxy) is 2. The van der Waals surface area contributed by atoms with Crippen LogP contribution >= 0.6 is 0 Å². The van der Waals surface area contributed by atoms with E-state index in [0.29, 0.717) is 6.42 Å².